The van der Waals surface area contributed by atoms with E-state index in [1.165, 1.54) is 0 Å². The fourth-order valence-corrected chi connectivity index (χ4v) is 4.01. The van der Waals surface area contributed by atoms with Crippen molar-refractivity contribution in [3.8, 4) is 0 Å². The first kappa shape index (κ1) is 9.89. The quantitative estimate of drug-likeness (QED) is 0.571. The lowest BCUT2D eigenvalue weighted by atomic mass is 10.5. The third kappa shape index (κ3) is 3.16. The number of carbonyl (C=O) groups excluding carboxylic acids is 1. The van der Waals surface area contributed by atoms with Gasteiger partial charge in [-0.2, -0.15) is 0 Å². The minimum atomic E-state index is -0.804. The fraction of sp³-hybridized carbons (Fsp3) is 0.875. The molecule has 0 aromatic rings. The predicted octanol–water partition coefficient (Wildman–Crippen LogP) is 2.14. The number of hydrogen-bond acceptors (Lipinski definition) is 1. The van der Waals surface area contributed by atoms with Gasteiger partial charge in [0.15, 0.2) is 6.29 Å². The van der Waals surface area contributed by atoms with Crippen molar-refractivity contribution in [2.45, 2.75) is 44.8 Å². The van der Waals surface area contributed by atoms with Crippen LogP contribution in [0.1, 0.15) is 27.7 Å². The van der Waals surface area contributed by atoms with Gasteiger partial charge >= 0.3 is 0 Å². The van der Waals surface area contributed by atoms with Crippen LogP contribution in [0, 0.1) is 0 Å². The van der Waals surface area contributed by atoms with Crippen LogP contribution in [0.5, 0.6) is 0 Å². The summed E-state index contributed by atoms with van der Waals surface area (Å²) in [6, 6.07) is 0.731. The summed E-state index contributed by atoms with van der Waals surface area (Å²) in [6.45, 7) is 8.87. The highest BCUT2D eigenvalue weighted by atomic mass is 28.3. The average molecular weight is 157 g/mol. The molecule has 0 rings (SSSR count). The predicted molar refractivity (Wildman–Crippen MR) is 47.8 cm³/mol. The molecule has 59 valence electrons. The van der Waals surface area contributed by atoms with E-state index < -0.39 is 8.80 Å². The molecule has 0 fully saturated rings. The second-order valence-electron chi connectivity index (χ2n) is 3.50. The standard InChI is InChI=1S/C8H17OSi/c1-7(2)10(6-5-9)8(3)4/h7-8,10H,6H2,1-4H3. The lowest BCUT2D eigenvalue weighted by molar-refractivity contribution is 0.559. The van der Waals surface area contributed by atoms with Crippen LogP contribution in [0.15, 0.2) is 0 Å². The summed E-state index contributed by atoms with van der Waals surface area (Å²) in [4.78, 5) is 10.1. The molecule has 0 atom stereocenters. The second-order valence-corrected chi connectivity index (χ2v) is 7.90. The van der Waals surface area contributed by atoms with Crippen LogP contribution >= 0.6 is 0 Å². The largest absolute Gasteiger partial charge is 0.291 e. The second kappa shape index (κ2) is 4.66. The monoisotopic (exact) mass is 157 g/mol. The molecule has 0 aromatic heterocycles. The van der Waals surface area contributed by atoms with E-state index in [0.717, 1.165) is 17.1 Å². The Balaban J connectivity index is 3.84. The van der Waals surface area contributed by atoms with Gasteiger partial charge in [0.25, 0.3) is 0 Å². The van der Waals surface area contributed by atoms with Crippen molar-refractivity contribution in [1.29, 1.82) is 0 Å². The Labute approximate surface area is 65.4 Å². The van der Waals surface area contributed by atoms with Crippen molar-refractivity contribution in [1.82, 2.24) is 0 Å². The lowest BCUT2D eigenvalue weighted by Gasteiger charge is -2.19. The first-order valence-electron chi connectivity index (χ1n) is 3.94. The molecule has 2 heteroatoms. The molecule has 1 nitrogen and oxygen atoms in total. The number of rotatable bonds is 4. The van der Waals surface area contributed by atoms with E-state index in [-0.39, 0.29) is 0 Å². The lowest BCUT2D eigenvalue weighted by Crippen LogP contribution is -2.20. The van der Waals surface area contributed by atoms with Crippen molar-refractivity contribution < 1.29 is 4.79 Å². The molecule has 0 aliphatic carbocycles. The molecule has 0 amide bonds. The Hall–Kier alpha value is -0.113. The highest BCUT2D eigenvalue weighted by molar-refractivity contribution is 6.64. The van der Waals surface area contributed by atoms with E-state index in [1.54, 1.807) is 0 Å². The normalized spacial score (nSPS) is 11.5. The van der Waals surface area contributed by atoms with Gasteiger partial charge in [0.2, 0.25) is 0 Å². The molecule has 0 aromatic carbocycles. The minimum absolute atomic E-state index is 0.731. The van der Waals surface area contributed by atoms with Gasteiger partial charge in [-0.25, -0.2) is 0 Å². The highest BCUT2D eigenvalue weighted by Gasteiger charge is 2.18. The highest BCUT2D eigenvalue weighted by Crippen LogP contribution is 2.21. The van der Waals surface area contributed by atoms with Crippen molar-refractivity contribution in [3.63, 3.8) is 0 Å². The van der Waals surface area contributed by atoms with Crippen molar-refractivity contribution in [2.24, 2.45) is 0 Å². The summed E-state index contributed by atoms with van der Waals surface area (Å²) in [5.41, 5.74) is 1.47. The van der Waals surface area contributed by atoms with Crippen molar-refractivity contribution in [3.05, 3.63) is 0 Å². The zero-order chi connectivity index (χ0) is 8.15. The van der Waals surface area contributed by atoms with Crippen LogP contribution in [0.3, 0.4) is 0 Å². The molecule has 0 spiro atoms. The van der Waals surface area contributed by atoms with Gasteiger partial charge in [-0.15, -0.1) is 0 Å². The van der Waals surface area contributed by atoms with E-state index in [4.69, 9.17) is 0 Å². The van der Waals surface area contributed by atoms with E-state index in [9.17, 15) is 4.79 Å². The maximum atomic E-state index is 10.1. The van der Waals surface area contributed by atoms with Crippen LogP contribution < -0.4 is 0 Å². The van der Waals surface area contributed by atoms with E-state index in [1.807, 2.05) is 6.29 Å². The van der Waals surface area contributed by atoms with Crippen LogP contribution in [0.25, 0.3) is 0 Å². The van der Waals surface area contributed by atoms with Gasteiger partial charge in [0.05, 0.1) is 8.80 Å². The molecule has 0 aliphatic rings. The van der Waals surface area contributed by atoms with Crippen LogP contribution in [0.2, 0.25) is 17.1 Å². The van der Waals surface area contributed by atoms with Crippen LogP contribution in [-0.4, -0.2) is 15.1 Å². The SMILES string of the molecule is CC(C)[SiH](C[C]=O)C(C)C. The Morgan fingerprint density at radius 1 is 1.20 bits per heavy atom. The molecule has 0 aliphatic heterocycles. The molecule has 0 bridgehead atoms. The molecular weight excluding hydrogens is 140 g/mol. The van der Waals surface area contributed by atoms with Gasteiger partial charge < -0.3 is 0 Å². The van der Waals surface area contributed by atoms with Gasteiger partial charge in [-0.05, 0) is 0 Å². The smallest absolute Gasteiger partial charge is 0.195 e. The summed E-state index contributed by atoms with van der Waals surface area (Å²) in [6.07, 6.45) is 2.04. The average Bonchev–Trinajstić information content (AvgIpc) is 1.81. The summed E-state index contributed by atoms with van der Waals surface area (Å²) in [5.74, 6) is 0. The fourth-order valence-electron chi connectivity index (χ4n) is 1.34. The molecule has 1 radical (unpaired) electrons. The molecule has 0 N–H and O–H groups in total. The molecule has 0 heterocycles. The van der Waals surface area contributed by atoms with Crippen LogP contribution in [-0.2, 0) is 4.79 Å². The first-order valence-corrected chi connectivity index (χ1v) is 6.09. The van der Waals surface area contributed by atoms with E-state index >= 15 is 0 Å². The summed E-state index contributed by atoms with van der Waals surface area (Å²) < 4.78 is 0. The Bertz CT molecular complexity index is 91.4. The third-order valence-corrected chi connectivity index (χ3v) is 6.09. The van der Waals surface area contributed by atoms with Gasteiger partial charge in [0, 0.05) is 6.04 Å². The Kier molecular flexibility index (Phi) is 4.61. The zero-order valence-electron chi connectivity index (χ0n) is 7.35. The van der Waals surface area contributed by atoms with Gasteiger partial charge in [-0.3, -0.25) is 4.79 Å². The Morgan fingerprint density at radius 2 is 1.60 bits per heavy atom. The number of hydrogen-bond donors (Lipinski definition) is 0. The van der Waals surface area contributed by atoms with Gasteiger partial charge in [0.1, 0.15) is 0 Å². The third-order valence-electron chi connectivity index (χ3n) is 2.03. The molecule has 0 saturated carbocycles. The topological polar surface area (TPSA) is 17.1 Å². The summed E-state index contributed by atoms with van der Waals surface area (Å²) in [5, 5.41) is 0. The van der Waals surface area contributed by atoms with E-state index in [2.05, 4.69) is 27.7 Å². The first-order chi connectivity index (χ1) is 4.59. The van der Waals surface area contributed by atoms with Crippen LogP contribution in [0.4, 0.5) is 0 Å². The summed E-state index contributed by atoms with van der Waals surface area (Å²) in [7, 11) is -0.804. The zero-order valence-corrected chi connectivity index (χ0v) is 8.50. The van der Waals surface area contributed by atoms with Crippen molar-refractivity contribution in [2.75, 3.05) is 0 Å². The Morgan fingerprint density at radius 3 is 1.70 bits per heavy atom. The van der Waals surface area contributed by atoms with Gasteiger partial charge in [-0.1, -0.05) is 38.8 Å². The molecule has 10 heavy (non-hydrogen) atoms. The van der Waals surface area contributed by atoms with E-state index in [0.29, 0.717) is 0 Å². The molecular formula is C8H17OSi. The van der Waals surface area contributed by atoms with Crippen molar-refractivity contribution >= 4 is 15.1 Å². The molecule has 0 unspecified atom stereocenters. The maximum Gasteiger partial charge on any atom is 0.195 e. The summed E-state index contributed by atoms with van der Waals surface area (Å²) >= 11 is 0. The minimum Gasteiger partial charge on any atom is -0.291 e. The maximum absolute atomic E-state index is 10.1. The molecule has 0 saturated heterocycles.